The van der Waals surface area contributed by atoms with E-state index in [1.807, 2.05) is 0 Å². The summed E-state index contributed by atoms with van der Waals surface area (Å²) in [4.78, 5) is 50.5. The number of hydrazine groups is 1. The van der Waals surface area contributed by atoms with Gasteiger partial charge >= 0.3 is 5.97 Å². The summed E-state index contributed by atoms with van der Waals surface area (Å²) in [5.74, 6) is -2.95. The highest BCUT2D eigenvalue weighted by molar-refractivity contribution is 6.18. The van der Waals surface area contributed by atoms with Gasteiger partial charge in [0.2, 0.25) is 11.7 Å². The molecule has 1 N–H and O–H groups in total. The standard InChI is InChI=1S/C24H24ClFN2O7/c1-33-18-8-5-15(11-20(18)34-2)23(31)27-28-13-16(12-21(28)29)24(32)35-19(9-10-25)22(30)14-3-6-17(26)7-4-14/h3-8,11,16,19H,9-10,12-13H2,1-2H3,(H,27,31)/t16-,19+/m0/s1. The van der Waals surface area contributed by atoms with Crippen molar-refractivity contribution >= 4 is 35.2 Å². The third-order valence-corrected chi connectivity index (χ3v) is 5.61. The minimum absolute atomic E-state index is 0.0436. The monoisotopic (exact) mass is 506 g/mol. The van der Waals surface area contributed by atoms with Crippen molar-refractivity contribution in [3.05, 3.63) is 59.4 Å². The Morgan fingerprint density at radius 1 is 1.09 bits per heavy atom. The lowest BCUT2D eigenvalue weighted by Crippen LogP contribution is -2.43. The second kappa shape index (κ2) is 11.7. The van der Waals surface area contributed by atoms with E-state index in [1.54, 1.807) is 6.07 Å². The van der Waals surface area contributed by atoms with Gasteiger partial charge in [-0.25, -0.2) is 4.39 Å². The molecule has 1 heterocycles. The smallest absolute Gasteiger partial charge is 0.312 e. The molecule has 1 aliphatic rings. The zero-order valence-electron chi connectivity index (χ0n) is 19.1. The molecule has 2 atom stereocenters. The van der Waals surface area contributed by atoms with Crippen molar-refractivity contribution in [1.29, 1.82) is 0 Å². The van der Waals surface area contributed by atoms with Gasteiger partial charge in [-0.3, -0.25) is 29.6 Å². The molecule has 0 radical (unpaired) electrons. The van der Waals surface area contributed by atoms with Gasteiger partial charge in [0, 0.05) is 29.8 Å². The number of carbonyl (C=O) groups excluding carboxylic acids is 4. The van der Waals surface area contributed by atoms with E-state index in [2.05, 4.69) is 5.43 Å². The SMILES string of the molecule is COc1ccc(C(=O)NN2C[C@@H](C(=O)O[C@H](CCCl)C(=O)c3ccc(F)cc3)CC2=O)cc1OC. The van der Waals surface area contributed by atoms with E-state index in [-0.39, 0.29) is 36.4 Å². The van der Waals surface area contributed by atoms with Gasteiger partial charge in [-0.05, 0) is 42.5 Å². The molecule has 186 valence electrons. The minimum atomic E-state index is -1.18. The Balaban J connectivity index is 1.63. The number of nitrogens with zero attached hydrogens (tertiary/aromatic N) is 1. The van der Waals surface area contributed by atoms with Crippen LogP contribution in [0.2, 0.25) is 0 Å². The Kier molecular flexibility index (Phi) is 8.64. The lowest BCUT2D eigenvalue weighted by molar-refractivity contribution is -0.151. The quantitative estimate of drug-likeness (QED) is 0.299. The van der Waals surface area contributed by atoms with E-state index in [4.69, 9.17) is 25.8 Å². The van der Waals surface area contributed by atoms with Gasteiger partial charge in [0.1, 0.15) is 5.82 Å². The van der Waals surface area contributed by atoms with E-state index in [0.717, 1.165) is 17.1 Å². The number of methoxy groups -OCH3 is 2. The highest BCUT2D eigenvalue weighted by Crippen LogP contribution is 2.28. The van der Waals surface area contributed by atoms with Crippen molar-refractivity contribution in [2.75, 3.05) is 26.6 Å². The number of halogens is 2. The van der Waals surface area contributed by atoms with Crippen LogP contribution in [0.25, 0.3) is 0 Å². The van der Waals surface area contributed by atoms with E-state index in [0.29, 0.717) is 11.5 Å². The predicted molar refractivity (Wildman–Crippen MR) is 123 cm³/mol. The summed E-state index contributed by atoms with van der Waals surface area (Å²) in [6, 6.07) is 9.34. The van der Waals surface area contributed by atoms with Crippen molar-refractivity contribution in [2.24, 2.45) is 5.92 Å². The van der Waals surface area contributed by atoms with Crippen LogP contribution in [0.15, 0.2) is 42.5 Å². The Morgan fingerprint density at radius 3 is 2.37 bits per heavy atom. The highest BCUT2D eigenvalue weighted by Gasteiger charge is 2.38. The molecular weight excluding hydrogens is 483 g/mol. The number of esters is 1. The van der Waals surface area contributed by atoms with Crippen molar-refractivity contribution in [3.63, 3.8) is 0 Å². The summed E-state index contributed by atoms with van der Waals surface area (Å²) in [5, 5.41) is 1.03. The molecule has 2 amide bonds. The van der Waals surface area contributed by atoms with Crippen LogP contribution < -0.4 is 14.9 Å². The third kappa shape index (κ3) is 6.27. The first-order valence-electron chi connectivity index (χ1n) is 10.7. The summed E-state index contributed by atoms with van der Waals surface area (Å²) >= 11 is 5.77. The minimum Gasteiger partial charge on any atom is -0.493 e. The maximum atomic E-state index is 13.2. The zero-order valence-corrected chi connectivity index (χ0v) is 19.8. The molecule has 1 fully saturated rings. The molecule has 0 aromatic heterocycles. The van der Waals surface area contributed by atoms with Gasteiger partial charge in [0.15, 0.2) is 17.6 Å². The van der Waals surface area contributed by atoms with Crippen molar-refractivity contribution in [3.8, 4) is 11.5 Å². The van der Waals surface area contributed by atoms with Gasteiger partial charge in [-0.2, -0.15) is 0 Å². The first-order chi connectivity index (χ1) is 16.8. The Morgan fingerprint density at radius 2 is 1.74 bits per heavy atom. The molecule has 0 aliphatic carbocycles. The van der Waals surface area contributed by atoms with Crippen LogP contribution >= 0.6 is 11.6 Å². The molecule has 35 heavy (non-hydrogen) atoms. The summed E-state index contributed by atoms with van der Waals surface area (Å²) < 4.78 is 28.9. The number of Topliss-reactive ketones (excluding diaryl/α,β-unsaturated/α-hetero) is 1. The summed E-state index contributed by atoms with van der Waals surface area (Å²) in [5.41, 5.74) is 2.85. The first kappa shape index (κ1) is 26.0. The van der Waals surface area contributed by atoms with Gasteiger partial charge in [0.25, 0.3) is 5.91 Å². The molecule has 1 saturated heterocycles. The topological polar surface area (TPSA) is 111 Å². The molecular formula is C24H24ClFN2O7. The molecule has 0 unspecified atom stereocenters. The normalized spacial score (nSPS) is 15.9. The average Bonchev–Trinajstić information content (AvgIpc) is 3.23. The molecule has 0 spiro atoms. The number of hydrogen-bond acceptors (Lipinski definition) is 7. The molecule has 11 heteroatoms. The number of nitrogens with one attached hydrogen (secondary N) is 1. The number of rotatable bonds is 10. The Hall–Kier alpha value is -3.66. The number of amides is 2. The number of ether oxygens (including phenoxy) is 3. The zero-order chi connectivity index (χ0) is 25.5. The van der Waals surface area contributed by atoms with Crippen LogP contribution in [-0.4, -0.2) is 61.3 Å². The fourth-order valence-corrected chi connectivity index (χ4v) is 3.72. The Bertz CT molecular complexity index is 1110. The molecule has 1 aliphatic heterocycles. The fraction of sp³-hybridized carbons (Fsp3) is 0.333. The molecule has 0 bridgehead atoms. The van der Waals surface area contributed by atoms with E-state index < -0.39 is 41.4 Å². The van der Waals surface area contributed by atoms with E-state index in [1.165, 1.54) is 38.5 Å². The van der Waals surface area contributed by atoms with Gasteiger partial charge in [0.05, 0.1) is 26.7 Å². The van der Waals surface area contributed by atoms with E-state index >= 15 is 0 Å². The van der Waals surface area contributed by atoms with Gasteiger partial charge in [-0.1, -0.05) is 0 Å². The summed E-state index contributed by atoms with van der Waals surface area (Å²) in [7, 11) is 2.89. The van der Waals surface area contributed by atoms with Crippen LogP contribution in [0.1, 0.15) is 33.6 Å². The third-order valence-electron chi connectivity index (χ3n) is 5.39. The maximum Gasteiger partial charge on any atom is 0.312 e. The maximum absolute atomic E-state index is 13.2. The van der Waals surface area contributed by atoms with Crippen LogP contribution in [-0.2, 0) is 14.3 Å². The second-order valence-electron chi connectivity index (χ2n) is 7.69. The molecule has 9 nitrogen and oxygen atoms in total. The predicted octanol–water partition coefficient (Wildman–Crippen LogP) is 2.76. The molecule has 3 rings (SSSR count). The summed E-state index contributed by atoms with van der Waals surface area (Å²) in [6.07, 6.45) is -1.34. The van der Waals surface area contributed by atoms with Crippen LogP contribution in [0.5, 0.6) is 11.5 Å². The molecule has 2 aromatic carbocycles. The lowest BCUT2D eigenvalue weighted by atomic mass is 10.0. The fourth-order valence-electron chi connectivity index (χ4n) is 3.52. The second-order valence-corrected chi connectivity index (χ2v) is 8.07. The largest absolute Gasteiger partial charge is 0.493 e. The molecule has 2 aromatic rings. The van der Waals surface area contributed by atoms with Crippen molar-refractivity contribution < 1.29 is 37.8 Å². The van der Waals surface area contributed by atoms with Crippen LogP contribution in [0.3, 0.4) is 0 Å². The van der Waals surface area contributed by atoms with Crippen molar-refractivity contribution in [1.82, 2.24) is 10.4 Å². The molecule has 0 saturated carbocycles. The number of carbonyl (C=O) groups is 4. The van der Waals surface area contributed by atoms with Crippen LogP contribution in [0.4, 0.5) is 4.39 Å². The van der Waals surface area contributed by atoms with Crippen LogP contribution in [0, 0.1) is 11.7 Å². The first-order valence-corrected chi connectivity index (χ1v) is 11.2. The van der Waals surface area contributed by atoms with Gasteiger partial charge in [-0.15, -0.1) is 11.6 Å². The number of hydrogen-bond donors (Lipinski definition) is 1. The number of benzene rings is 2. The van der Waals surface area contributed by atoms with Crippen molar-refractivity contribution in [2.45, 2.75) is 18.9 Å². The number of alkyl halides is 1. The highest BCUT2D eigenvalue weighted by atomic mass is 35.5. The summed E-state index contributed by atoms with van der Waals surface area (Å²) in [6.45, 7) is -0.130. The lowest BCUT2D eigenvalue weighted by Gasteiger charge is -2.20. The number of ketones is 1. The van der Waals surface area contributed by atoms with E-state index in [9.17, 15) is 23.6 Å². The Labute approximate surface area is 206 Å². The average molecular weight is 507 g/mol. The van der Waals surface area contributed by atoms with Gasteiger partial charge < -0.3 is 14.2 Å².